The van der Waals surface area contributed by atoms with Crippen LogP contribution in [-0.2, 0) is 18.4 Å². The zero-order chi connectivity index (χ0) is 13.5. The third-order valence-electron chi connectivity index (χ3n) is 4.68. The second kappa shape index (κ2) is 5.10. The summed E-state index contributed by atoms with van der Waals surface area (Å²) in [5.74, 6) is 1.04. The highest BCUT2D eigenvalue weighted by molar-refractivity contribution is 9.10. The van der Waals surface area contributed by atoms with Gasteiger partial charge in [-0.05, 0) is 85.1 Å². The summed E-state index contributed by atoms with van der Waals surface area (Å²) in [6, 6.07) is 2.27. The number of rotatable bonds is 2. The Labute approximate surface area is 124 Å². The zero-order valence-electron chi connectivity index (χ0n) is 11.8. The van der Waals surface area contributed by atoms with Crippen molar-refractivity contribution in [3.63, 3.8) is 0 Å². The maximum Gasteiger partial charge on any atom is 0.138 e. The fourth-order valence-corrected chi connectivity index (χ4v) is 4.38. The van der Waals surface area contributed by atoms with Crippen molar-refractivity contribution < 1.29 is 4.74 Å². The molecule has 0 bridgehead atoms. The maximum atomic E-state index is 5.73. The summed E-state index contributed by atoms with van der Waals surface area (Å²) < 4.78 is 6.84. The molecule has 0 amide bonds. The van der Waals surface area contributed by atoms with Gasteiger partial charge in [0.15, 0.2) is 0 Å². The number of halogens is 1. The van der Waals surface area contributed by atoms with Crippen LogP contribution in [0.4, 0.5) is 0 Å². The Hall–Kier alpha value is -0.540. The lowest BCUT2D eigenvalue weighted by Gasteiger charge is -2.33. The number of methoxy groups -OCH3 is 1. The summed E-state index contributed by atoms with van der Waals surface area (Å²) in [7, 11) is 1.79. The van der Waals surface area contributed by atoms with Crippen LogP contribution in [0.1, 0.15) is 49.3 Å². The van der Waals surface area contributed by atoms with Gasteiger partial charge in [-0.25, -0.2) is 0 Å². The molecule has 3 heteroatoms. The minimum absolute atomic E-state index is 0.0799. The first-order valence-electron chi connectivity index (χ1n) is 7.29. The van der Waals surface area contributed by atoms with Crippen LogP contribution in [0.2, 0.25) is 0 Å². The predicted molar refractivity (Wildman–Crippen MR) is 81.9 cm³/mol. The summed E-state index contributed by atoms with van der Waals surface area (Å²) in [6.07, 6.45) is 7.48. The van der Waals surface area contributed by atoms with E-state index in [0.29, 0.717) is 0 Å². The molecule has 1 atom stereocenters. The van der Waals surface area contributed by atoms with Gasteiger partial charge >= 0.3 is 0 Å². The summed E-state index contributed by atoms with van der Waals surface area (Å²) >= 11 is 3.70. The predicted octanol–water partition coefficient (Wildman–Crippen LogP) is 3.94. The topological polar surface area (TPSA) is 21.3 Å². The van der Waals surface area contributed by atoms with Gasteiger partial charge in [-0.3, -0.25) is 0 Å². The number of fused-ring (bicyclic) bond motifs is 1. The van der Waals surface area contributed by atoms with Crippen molar-refractivity contribution >= 4 is 15.9 Å². The van der Waals surface area contributed by atoms with Gasteiger partial charge in [0.1, 0.15) is 5.75 Å². The summed E-state index contributed by atoms with van der Waals surface area (Å²) in [5, 5.41) is 3.70. The van der Waals surface area contributed by atoms with Crippen molar-refractivity contribution in [3.05, 3.63) is 27.2 Å². The average molecular weight is 324 g/mol. The highest BCUT2D eigenvalue weighted by Crippen LogP contribution is 2.45. The Morgan fingerprint density at radius 3 is 2.74 bits per heavy atom. The molecule has 1 saturated heterocycles. The Bertz CT molecular complexity index is 492. The molecule has 1 fully saturated rings. The van der Waals surface area contributed by atoms with E-state index in [4.69, 9.17) is 4.74 Å². The molecule has 1 heterocycles. The lowest BCUT2D eigenvalue weighted by molar-refractivity contribution is 0.364. The number of hydrogen-bond acceptors (Lipinski definition) is 2. The SMILES string of the molecule is COc1c(Br)cc2c(c1C1(C)CCCN1)CCCC2. The third-order valence-corrected chi connectivity index (χ3v) is 5.27. The second-order valence-corrected chi connectivity index (χ2v) is 6.83. The van der Waals surface area contributed by atoms with Gasteiger partial charge in [-0.1, -0.05) is 0 Å². The fourth-order valence-electron chi connectivity index (χ4n) is 3.74. The monoisotopic (exact) mass is 323 g/mol. The molecule has 0 radical (unpaired) electrons. The van der Waals surface area contributed by atoms with E-state index in [1.165, 1.54) is 49.7 Å². The van der Waals surface area contributed by atoms with Gasteiger partial charge in [-0.2, -0.15) is 0 Å². The number of hydrogen-bond donors (Lipinski definition) is 1. The van der Waals surface area contributed by atoms with Crippen LogP contribution in [0.15, 0.2) is 10.5 Å². The summed E-state index contributed by atoms with van der Waals surface area (Å²) in [6.45, 7) is 3.44. The van der Waals surface area contributed by atoms with Gasteiger partial charge in [0, 0.05) is 11.1 Å². The average Bonchev–Trinajstić information content (AvgIpc) is 2.85. The maximum absolute atomic E-state index is 5.73. The largest absolute Gasteiger partial charge is 0.495 e. The fraction of sp³-hybridized carbons (Fsp3) is 0.625. The normalized spacial score (nSPS) is 26.3. The standard InChI is InChI=1S/C16H22BrNO/c1-16(8-5-9-18-16)14-12-7-4-3-6-11(12)10-13(17)15(14)19-2/h10,18H,3-9H2,1-2H3. The van der Waals surface area contributed by atoms with Crippen molar-refractivity contribution in [3.8, 4) is 5.75 Å². The molecule has 1 aliphatic carbocycles. The van der Waals surface area contributed by atoms with E-state index in [0.717, 1.165) is 16.8 Å². The highest BCUT2D eigenvalue weighted by atomic mass is 79.9. The van der Waals surface area contributed by atoms with Crippen LogP contribution in [0.5, 0.6) is 5.75 Å². The van der Waals surface area contributed by atoms with Gasteiger partial charge < -0.3 is 10.1 Å². The van der Waals surface area contributed by atoms with Crippen molar-refractivity contribution in [2.45, 2.75) is 51.0 Å². The van der Waals surface area contributed by atoms with E-state index in [2.05, 4.69) is 34.2 Å². The number of nitrogens with one attached hydrogen (secondary N) is 1. The molecular formula is C16H22BrNO. The Balaban J connectivity index is 2.21. The van der Waals surface area contributed by atoms with Crippen LogP contribution in [0.25, 0.3) is 0 Å². The van der Waals surface area contributed by atoms with Crippen molar-refractivity contribution in [2.24, 2.45) is 0 Å². The smallest absolute Gasteiger partial charge is 0.138 e. The molecule has 1 N–H and O–H groups in total. The van der Waals surface area contributed by atoms with Gasteiger partial charge in [-0.15, -0.1) is 0 Å². The van der Waals surface area contributed by atoms with Gasteiger partial charge in [0.05, 0.1) is 11.6 Å². The molecule has 1 aromatic carbocycles. The third kappa shape index (κ3) is 2.21. The Kier molecular flexibility index (Phi) is 3.61. The van der Waals surface area contributed by atoms with E-state index in [9.17, 15) is 0 Å². The van der Waals surface area contributed by atoms with Crippen LogP contribution < -0.4 is 10.1 Å². The number of ether oxygens (including phenoxy) is 1. The van der Waals surface area contributed by atoms with Crippen LogP contribution in [0.3, 0.4) is 0 Å². The quantitative estimate of drug-likeness (QED) is 0.890. The zero-order valence-corrected chi connectivity index (χ0v) is 13.4. The van der Waals surface area contributed by atoms with Crippen LogP contribution in [-0.4, -0.2) is 13.7 Å². The van der Waals surface area contributed by atoms with Crippen molar-refractivity contribution in [1.82, 2.24) is 5.32 Å². The van der Waals surface area contributed by atoms with Crippen molar-refractivity contribution in [2.75, 3.05) is 13.7 Å². The molecule has 2 nitrogen and oxygen atoms in total. The molecule has 1 aliphatic heterocycles. The van der Waals surface area contributed by atoms with Crippen LogP contribution >= 0.6 is 15.9 Å². The van der Waals surface area contributed by atoms with E-state index < -0.39 is 0 Å². The first kappa shape index (κ1) is 13.4. The second-order valence-electron chi connectivity index (χ2n) is 5.97. The molecular weight excluding hydrogens is 302 g/mol. The first-order chi connectivity index (χ1) is 9.15. The summed E-state index contributed by atoms with van der Waals surface area (Å²) in [5.41, 5.74) is 4.56. The lowest BCUT2D eigenvalue weighted by atomic mass is 9.79. The molecule has 104 valence electrons. The van der Waals surface area contributed by atoms with E-state index in [1.807, 2.05) is 0 Å². The van der Waals surface area contributed by atoms with E-state index in [1.54, 1.807) is 12.7 Å². The lowest BCUT2D eigenvalue weighted by Crippen LogP contribution is -2.35. The molecule has 2 aliphatic rings. The number of benzene rings is 1. The van der Waals surface area contributed by atoms with Crippen LogP contribution in [0, 0.1) is 0 Å². The van der Waals surface area contributed by atoms with E-state index >= 15 is 0 Å². The molecule has 0 spiro atoms. The molecule has 1 unspecified atom stereocenters. The highest BCUT2D eigenvalue weighted by Gasteiger charge is 2.36. The number of aryl methyl sites for hydroxylation is 1. The van der Waals surface area contributed by atoms with E-state index in [-0.39, 0.29) is 5.54 Å². The molecule has 1 aromatic rings. The summed E-state index contributed by atoms with van der Waals surface area (Å²) in [4.78, 5) is 0. The molecule has 0 saturated carbocycles. The first-order valence-corrected chi connectivity index (χ1v) is 8.09. The molecule has 0 aromatic heterocycles. The molecule has 3 rings (SSSR count). The van der Waals surface area contributed by atoms with Crippen molar-refractivity contribution in [1.29, 1.82) is 0 Å². The Morgan fingerprint density at radius 1 is 1.26 bits per heavy atom. The minimum atomic E-state index is 0.0799. The minimum Gasteiger partial charge on any atom is -0.495 e. The molecule has 19 heavy (non-hydrogen) atoms. The Morgan fingerprint density at radius 2 is 2.05 bits per heavy atom. The van der Waals surface area contributed by atoms with Gasteiger partial charge in [0.2, 0.25) is 0 Å². The van der Waals surface area contributed by atoms with Gasteiger partial charge in [0.25, 0.3) is 0 Å².